The fourth-order valence-electron chi connectivity index (χ4n) is 3.19. The SMILES string of the molecule is CC(C)(C)OC(=O)CC[C@H](N)C(=O)N[C@@H](Cc1ccc(O)c(C(C)(C)C)c1)C(=O)OC(C)(C)C. The Morgan fingerprint density at radius 3 is 2.03 bits per heavy atom. The molecule has 0 heterocycles. The largest absolute Gasteiger partial charge is 0.508 e. The highest BCUT2D eigenvalue weighted by Gasteiger charge is 2.30. The van der Waals surface area contributed by atoms with Gasteiger partial charge in [-0.05, 0) is 70.6 Å². The molecule has 192 valence electrons. The number of phenols is 1. The van der Waals surface area contributed by atoms with Crippen molar-refractivity contribution < 1.29 is 29.0 Å². The highest BCUT2D eigenvalue weighted by Crippen LogP contribution is 2.31. The minimum Gasteiger partial charge on any atom is -0.508 e. The summed E-state index contributed by atoms with van der Waals surface area (Å²) in [5, 5.41) is 12.9. The van der Waals surface area contributed by atoms with E-state index in [1.807, 2.05) is 26.8 Å². The zero-order valence-electron chi connectivity index (χ0n) is 22.1. The maximum Gasteiger partial charge on any atom is 0.329 e. The van der Waals surface area contributed by atoms with Gasteiger partial charge in [-0.3, -0.25) is 9.59 Å². The Kier molecular flexibility index (Phi) is 9.70. The van der Waals surface area contributed by atoms with Crippen molar-refractivity contribution in [3.05, 3.63) is 29.3 Å². The normalized spacial score (nSPS) is 14.2. The van der Waals surface area contributed by atoms with Crippen molar-refractivity contribution in [1.82, 2.24) is 5.32 Å². The van der Waals surface area contributed by atoms with Gasteiger partial charge >= 0.3 is 11.9 Å². The molecule has 0 spiro atoms. The maximum absolute atomic E-state index is 12.9. The fourth-order valence-corrected chi connectivity index (χ4v) is 3.19. The summed E-state index contributed by atoms with van der Waals surface area (Å²) in [5.74, 6) is -1.43. The minimum atomic E-state index is -0.998. The molecular formula is C26H42N2O6. The number of ether oxygens (including phenoxy) is 2. The summed E-state index contributed by atoms with van der Waals surface area (Å²) in [4.78, 5) is 37.6. The average Bonchev–Trinajstić information content (AvgIpc) is 2.63. The van der Waals surface area contributed by atoms with E-state index in [4.69, 9.17) is 15.2 Å². The lowest BCUT2D eigenvalue weighted by atomic mass is 9.85. The molecule has 0 bridgehead atoms. The van der Waals surface area contributed by atoms with Crippen LogP contribution in [0.1, 0.15) is 86.3 Å². The molecule has 1 rings (SSSR count). The van der Waals surface area contributed by atoms with E-state index >= 15 is 0 Å². The summed E-state index contributed by atoms with van der Waals surface area (Å²) in [6.45, 7) is 16.4. The molecule has 0 aromatic heterocycles. The van der Waals surface area contributed by atoms with Crippen molar-refractivity contribution in [2.24, 2.45) is 5.73 Å². The Balaban J connectivity index is 3.00. The molecule has 0 aliphatic carbocycles. The first-order chi connectivity index (χ1) is 15.3. The molecule has 0 saturated heterocycles. The van der Waals surface area contributed by atoms with Crippen molar-refractivity contribution in [3.8, 4) is 5.75 Å². The van der Waals surface area contributed by atoms with Gasteiger partial charge in [-0.25, -0.2) is 4.79 Å². The first-order valence-electron chi connectivity index (χ1n) is 11.6. The molecule has 4 N–H and O–H groups in total. The molecule has 0 saturated carbocycles. The van der Waals surface area contributed by atoms with Gasteiger partial charge in [0.05, 0.1) is 6.04 Å². The predicted octanol–water partition coefficient (Wildman–Crippen LogP) is 3.51. The molecule has 0 aliphatic heterocycles. The fraction of sp³-hybridized carbons (Fsp3) is 0.654. The third kappa shape index (κ3) is 10.5. The van der Waals surface area contributed by atoms with Gasteiger partial charge in [0.15, 0.2) is 0 Å². The lowest BCUT2D eigenvalue weighted by Crippen LogP contribution is -2.51. The lowest BCUT2D eigenvalue weighted by molar-refractivity contribution is -0.159. The predicted molar refractivity (Wildman–Crippen MR) is 131 cm³/mol. The van der Waals surface area contributed by atoms with E-state index in [9.17, 15) is 19.5 Å². The molecule has 2 atom stereocenters. The van der Waals surface area contributed by atoms with Gasteiger partial charge in [-0.15, -0.1) is 0 Å². The molecule has 0 radical (unpaired) electrons. The highest BCUT2D eigenvalue weighted by atomic mass is 16.6. The Hall–Kier alpha value is -2.61. The number of benzene rings is 1. The van der Waals surface area contributed by atoms with Gasteiger partial charge in [0.1, 0.15) is 23.0 Å². The molecule has 0 fully saturated rings. The number of nitrogens with one attached hydrogen (secondary N) is 1. The van der Waals surface area contributed by atoms with E-state index in [0.717, 1.165) is 11.1 Å². The molecule has 1 aromatic carbocycles. The molecule has 34 heavy (non-hydrogen) atoms. The third-order valence-electron chi connectivity index (χ3n) is 4.73. The Labute approximate surface area is 203 Å². The number of esters is 2. The number of hydrogen-bond donors (Lipinski definition) is 3. The highest BCUT2D eigenvalue weighted by molar-refractivity contribution is 5.88. The van der Waals surface area contributed by atoms with Crippen LogP contribution in [0, 0.1) is 0 Å². The standard InChI is InChI=1S/C26H42N2O6/c1-24(2,3)17-14-16(10-12-20(17)29)15-19(23(32)34-26(7,8)9)28-22(31)18(27)11-13-21(30)33-25(4,5)6/h10,12,14,18-19,29H,11,13,15,27H2,1-9H3,(H,28,31)/t18-,19-/m0/s1. The monoisotopic (exact) mass is 478 g/mol. The molecule has 0 unspecified atom stereocenters. The van der Waals surface area contributed by atoms with Crippen LogP contribution in [0.2, 0.25) is 0 Å². The van der Waals surface area contributed by atoms with Crippen LogP contribution in [-0.4, -0.2) is 46.2 Å². The first-order valence-corrected chi connectivity index (χ1v) is 11.6. The number of hydrogen-bond acceptors (Lipinski definition) is 7. The van der Waals surface area contributed by atoms with Crippen molar-refractivity contribution in [2.75, 3.05) is 0 Å². The maximum atomic E-state index is 12.9. The van der Waals surface area contributed by atoms with Crippen LogP contribution in [0.4, 0.5) is 0 Å². The molecular weight excluding hydrogens is 436 g/mol. The van der Waals surface area contributed by atoms with Crippen LogP contribution in [0.25, 0.3) is 0 Å². The van der Waals surface area contributed by atoms with Gasteiger partial charge in [0.25, 0.3) is 0 Å². The van der Waals surface area contributed by atoms with Crippen LogP contribution in [0.15, 0.2) is 18.2 Å². The number of carbonyl (C=O) groups excluding carboxylic acids is 3. The second kappa shape index (κ2) is 11.2. The quantitative estimate of drug-likeness (QED) is 0.488. The summed E-state index contributed by atoms with van der Waals surface area (Å²) < 4.78 is 10.8. The van der Waals surface area contributed by atoms with Gasteiger partial charge in [0.2, 0.25) is 5.91 Å². The van der Waals surface area contributed by atoms with Crippen LogP contribution < -0.4 is 11.1 Å². The van der Waals surface area contributed by atoms with E-state index in [-0.39, 0.29) is 30.4 Å². The number of nitrogens with two attached hydrogens (primary N) is 1. The summed E-state index contributed by atoms with van der Waals surface area (Å²) in [7, 11) is 0. The summed E-state index contributed by atoms with van der Waals surface area (Å²) in [6, 6.07) is 3.12. The van der Waals surface area contributed by atoms with Crippen LogP contribution in [-0.2, 0) is 35.7 Å². The minimum absolute atomic E-state index is 0.0180. The van der Waals surface area contributed by atoms with Gasteiger partial charge in [-0.1, -0.05) is 32.9 Å². The van der Waals surface area contributed by atoms with E-state index in [1.165, 1.54) is 0 Å². The number of carbonyl (C=O) groups is 3. The van der Waals surface area contributed by atoms with Crippen LogP contribution in [0.3, 0.4) is 0 Å². The van der Waals surface area contributed by atoms with Crippen LogP contribution in [0.5, 0.6) is 5.75 Å². The smallest absolute Gasteiger partial charge is 0.329 e. The third-order valence-corrected chi connectivity index (χ3v) is 4.73. The Morgan fingerprint density at radius 2 is 1.53 bits per heavy atom. The van der Waals surface area contributed by atoms with E-state index in [0.29, 0.717) is 0 Å². The molecule has 8 heteroatoms. The molecule has 1 aromatic rings. The summed E-state index contributed by atoms with van der Waals surface area (Å²) in [6.07, 6.45) is 0.216. The van der Waals surface area contributed by atoms with Crippen molar-refractivity contribution in [1.29, 1.82) is 0 Å². The number of amides is 1. The molecule has 1 amide bonds. The van der Waals surface area contributed by atoms with Crippen LogP contribution >= 0.6 is 0 Å². The average molecular weight is 479 g/mol. The number of rotatable bonds is 8. The van der Waals surface area contributed by atoms with Gasteiger partial charge in [0, 0.05) is 12.8 Å². The van der Waals surface area contributed by atoms with Crippen molar-refractivity contribution in [2.45, 2.75) is 110 Å². The van der Waals surface area contributed by atoms with Crippen molar-refractivity contribution in [3.63, 3.8) is 0 Å². The second-order valence-electron chi connectivity index (χ2n) is 11.6. The Bertz CT molecular complexity index is 875. The Morgan fingerprint density at radius 1 is 0.971 bits per heavy atom. The van der Waals surface area contributed by atoms with E-state index in [2.05, 4.69) is 5.32 Å². The zero-order chi connectivity index (χ0) is 26.5. The zero-order valence-corrected chi connectivity index (χ0v) is 22.1. The lowest BCUT2D eigenvalue weighted by Gasteiger charge is -2.26. The van der Waals surface area contributed by atoms with Crippen molar-refractivity contribution >= 4 is 17.8 Å². The topological polar surface area (TPSA) is 128 Å². The molecule has 0 aliphatic rings. The summed E-state index contributed by atoms with van der Waals surface area (Å²) in [5.41, 5.74) is 5.80. The summed E-state index contributed by atoms with van der Waals surface area (Å²) >= 11 is 0. The van der Waals surface area contributed by atoms with Gasteiger partial charge < -0.3 is 25.6 Å². The van der Waals surface area contributed by atoms with E-state index in [1.54, 1.807) is 53.7 Å². The molecule has 8 nitrogen and oxygen atoms in total. The second-order valence-corrected chi connectivity index (χ2v) is 11.6. The number of aromatic hydroxyl groups is 1. The van der Waals surface area contributed by atoms with Gasteiger partial charge in [-0.2, -0.15) is 0 Å². The number of phenolic OH excluding ortho intramolecular Hbond substituents is 1. The first kappa shape index (κ1) is 29.4. The van der Waals surface area contributed by atoms with E-state index < -0.39 is 41.1 Å².